The van der Waals surface area contributed by atoms with Crippen molar-refractivity contribution in [1.82, 2.24) is 24.5 Å². The van der Waals surface area contributed by atoms with Crippen LogP contribution in [0.5, 0.6) is 5.75 Å². The van der Waals surface area contributed by atoms with Crippen molar-refractivity contribution < 1.29 is 4.74 Å². The van der Waals surface area contributed by atoms with Crippen molar-refractivity contribution in [2.24, 2.45) is 0 Å². The summed E-state index contributed by atoms with van der Waals surface area (Å²) in [6.07, 6.45) is 1.73. The van der Waals surface area contributed by atoms with Crippen LogP contribution in [0.25, 0.3) is 11.2 Å². The highest BCUT2D eigenvalue weighted by molar-refractivity contribution is 9.10. The van der Waals surface area contributed by atoms with Crippen molar-refractivity contribution in [1.29, 1.82) is 0 Å². The Hall–Kier alpha value is -2.42. The minimum absolute atomic E-state index is 0.0912. The van der Waals surface area contributed by atoms with E-state index in [4.69, 9.17) is 10.5 Å². The molecular formula is C14H15BrN6O2. The van der Waals surface area contributed by atoms with Crippen LogP contribution in [-0.2, 0) is 6.54 Å². The molecule has 0 aliphatic carbocycles. The number of rotatable bonds is 3. The lowest BCUT2D eigenvalue weighted by molar-refractivity contribution is 0.405. The molecule has 0 unspecified atom stereocenters. The molecule has 3 aromatic rings. The molecule has 0 amide bonds. The number of aromatic nitrogens is 5. The smallest absolute Gasteiger partial charge is 0.328 e. The Morgan fingerprint density at radius 2 is 2.13 bits per heavy atom. The number of ether oxygens (including phenoxy) is 1. The highest BCUT2D eigenvalue weighted by Crippen LogP contribution is 2.25. The van der Waals surface area contributed by atoms with Gasteiger partial charge in [-0.2, -0.15) is 4.98 Å². The number of fused-ring (bicyclic) bond motifs is 1. The van der Waals surface area contributed by atoms with Crippen LogP contribution in [0.2, 0.25) is 0 Å². The maximum atomic E-state index is 12.3. The molecule has 0 saturated heterocycles. The van der Waals surface area contributed by atoms with Crippen LogP contribution in [-0.4, -0.2) is 31.6 Å². The lowest BCUT2D eigenvalue weighted by Crippen LogP contribution is -2.18. The van der Waals surface area contributed by atoms with Gasteiger partial charge in [0.15, 0.2) is 5.65 Å². The predicted molar refractivity (Wildman–Crippen MR) is 89.6 cm³/mol. The van der Waals surface area contributed by atoms with E-state index in [0.717, 1.165) is 16.8 Å². The Morgan fingerprint density at radius 3 is 2.83 bits per heavy atom. The summed E-state index contributed by atoms with van der Waals surface area (Å²) in [6, 6.07) is 0. The number of aromatic amines is 1. The summed E-state index contributed by atoms with van der Waals surface area (Å²) in [4.78, 5) is 27.5. The van der Waals surface area contributed by atoms with Crippen LogP contribution in [0.15, 0.2) is 15.6 Å². The number of anilines is 1. The number of imidazole rings is 1. The fourth-order valence-electron chi connectivity index (χ4n) is 2.54. The van der Waals surface area contributed by atoms with E-state index < -0.39 is 0 Å². The first-order valence-electron chi connectivity index (χ1n) is 6.83. The molecule has 0 bridgehead atoms. The number of aryl methyl sites for hydroxylation is 1. The number of hydrogen-bond donors (Lipinski definition) is 2. The SMILES string of the molecule is COc1c(C)ncc(Cn2c(=O)[nH]c3c(Br)nc(N)nc32)c1C. The second-order valence-electron chi connectivity index (χ2n) is 5.11. The summed E-state index contributed by atoms with van der Waals surface area (Å²) in [5.74, 6) is 0.805. The highest BCUT2D eigenvalue weighted by Gasteiger charge is 2.16. The number of pyridine rings is 1. The second kappa shape index (κ2) is 5.65. The van der Waals surface area contributed by atoms with E-state index >= 15 is 0 Å². The summed E-state index contributed by atoms with van der Waals surface area (Å²) in [5.41, 5.74) is 8.93. The van der Waals surface area contributed by atoms with Crippen LogP contribution in [0.4, 0.5) is 5.95 Å². The molecule has 0 aliphatic rings. The topological polar surface area (TPSA) is 112 Å². The predicted octanol–water partition coefficient (Wildman–Crippen LogP) is 1.53. The molecule has 3 heterocycles. The van der Waals surface area contributed by atoms with Crippen molar-refractivity contribution >= 4 is 33.0 Å². The van der Waals surface area contributed by atoms with Gasteiger partial charge in [0.1, 0.15) is 15.9 Å². The molecular weight excluding hydrogens is 364 g/mol. The van der Waals surface area contributed by atoms with E-state index in [0.29, 0.717) is 28.1 Å². The van der Waals surface area contributed by atoms with Gasteiger partial charge in [0, 0.05) is 6.20 Å². The fourth-order valence-corrected chi connectivity index (χ4v) is 2.99. The molecule has 8 nitrogen and oxygen atoms in total. The maximum absolute atomic E-state index is 12.3. The van der Waals surface area contributed by atoms with Crippen molar-refractivity contribution in [3.63, 3.8) is 0 Å². The van der Waals surface area contributed by atoms with Crippen LogP contribution >= 0.6 is 15.9 Å². The van der Waals surface area contributed by atoms with E-state index in [1.165, 1.54) is 4.57 Å². The van der Waals surface area contributed by atoms with Crippen molar-refractivity contribution in [2.75, 3.05) is 12.8 Å². The van der Waals surface area contributed by atoms with Gasteiger partial charge >= 0.3 is 5.69 Å². The number of nitrogens with one attached hydrogen (secondary N) is 1. The molecule has 120 valence electrons. The van der Waals surface area contributed by atoms with Gasteiger partial charge in [-0.3, -0.25) is 9.55 Å². The van der Waals surface area contributed by atoms with Crippen molar-refractivity contribution in [3.05, 3.63) is 38.1 Å². The summed E-state index contributed by atoms with van der Waals surface area (Å²) in [6.45, 7) is 4.11. The minimum atomic E-state index is -0.292. The lowest BCUT2D eigenvalue weighted by Gasteiger charge is -2.12. The van der Waals surface area contributed by atoms with Gasteiger partial charge < -0.3 is 15.5 Å². The molecule has 0 aromatic carbocycles. The van der Waals surface area contributed by atoms with Crippen LogP contribution in [0.1, 0.15) is 16.8 Å². The summed E-state index contributed by atoms with van der Waals surface area (Å²) < 4.78 is 7.33. The van der Waals surface area contributed by atoms with Gasteiger partial charge in [0.25, 0.3) is 0 Å². The molecule has 0 spiro atoms. The standard InChI is InChI=1S/C14H15BrN6O2/c1-6-8(4-17-7(2)10(6)23-3)5-21-12-9(18-14(21)22)11(15)19-13(16)20-12/h4H,5H2,1-3H3,(H,18,22)(H2,16,19,20). The summed E-state index contributed by atoms with van der Waals surface area (Å²) in [5, 5.41) is 0. The third kappa shape index (κ3) is 2.56. The maximum Gasteiger partial charge on any atom is 0.328 e. The normalized spacial score (nSPS) is 11.1. The summed E-state index contributed by atoms with van der Waals surface area (Å²) >= 11 is 3.28. The molecule has 3 aromatic heterocycles. The van der Waals surface area contributed by atoms with E-state index in [-0.39, 0.29) is 11.6 Å². The number of hydrogen-bond acceptors (Lipinski definition) is 6. The number of nitrogens with two attached hydrogens (primary N) is 1. The van der Waals surface area contributed by atoms with E-state index in [1.54, 1.807) is 13.3 Å². The van der Waals surface area contributed by atoms with Gasteiger partial charge in [0.2, 0.25) is 5.95 Å². The summed E-state index contributed by atoms with van der Waals surface area (Å²) in [7, 11) is 1.60. The van der Waals surface area contributed by atoms with Crippen LogP contribution in [0, 0.1) is 13.8 Å². The Bertz CT molecular complexity index is 962. The third-order valence-electron chi connectivity index (χ3n) is 3.69. The third-order valence-corrected chi connectivity index (χ3v) is 4.27. The number of halogens is 1. The zero-order valence-corrected chi connectivity index (χ0v) is 14.4. The van der Waals surface area contributed by atoms with Crippen molar-refractivity contribution in [3.8, 4) is 5.75 Å². The lowest BCUT2D eigenvalue weighted by atomic mass is 10.1. The number of H-pyrrole nitrogens is 1. The average molecular weight is 379 g/mol. The largest absolute Gasteiger partial charge is 0.495 e. The van der Waals surface area contributed by atoms with Gasteiger partial charge in [-0.25, -0.2) is 9.78 Å². The molecule has 9 heteroatoms. The van der Waals surface area contributed by atoms with Gasteiger partial charge in [0.05, 0.1) is 19.3 Å². The Morgan fingerprint density at radius 1 is 1.39 bits per heavy atom. The van der Waals surface area contributed by atoms with Crippen LogP contribution < -0.4 is 16.2 Å². The zero-order valence-electron chi connectivity index (χ0n) is 12.8. The second-order valence-corrected chi connectivity index (χ2v) is 5.87. The number of nitrogens with zero attached hydrogens (tertiary/aromatic N) is 4. The first-order chi connectivity index (χ1) is 10.9. The molecule has 0 atom stereocenters. The Balaban J connectivity index is 2.16. The Kier molecular flexibility index (Phi) is 3.80. The molecule has 0 fully saturated rings. The Labute approximate surface area is 139 Å². The first kappa shape index (κ1) is 15.5. The monoisotopic (exact) mass is 378 g/mol. The average Bonchev–Trinajstić information content (AvgIpc) is 2.79. The van der Waals surface area contributed by atoms with Gasteiger partial charge in [-0.1, -0.05) is 0 Å². The van der Waals surface area contributed by atoms with E-state index in [1.807, 2.05) is 13.8 Å². The van der Waals surface area contributed by atoms with Crippen LogP contribution in [0.3, 0.4) is 0 Å². The van der Waals surface area contributed by atoms with E-state index in [2.05, 4.69) is 35.9 Å². The molecule has 0 radical (unpaired) electrons. The molecule has 0 aliphatic heterocycles. The van der Waals surface area contributed by atoms with Gasteiger partial charge in [-0.05, 0) is 40.9 Å². The quantitative estimate of drug-likeness (QED) is 0.668. The molecule has 3 rings (SSSR count). The van der Waals surface area contributed by atoms with E-state index in [9.17, 15) is 4.79 Å². The number of methoxy groups -OCH3 is 1. The van der Waals surface area contributed by atoms with Crippen molar-refractivity contribution in [2.45, 2.75) is 20.4 Å². The van der Waals surface area contributed by atoms with Gasteiger partial charge in [-0.15, -0.1) is 0 Å². The zero-order chi connectivity index (χ0) is 16.7. The first-order valence-corrected chi connectivity index (χ1v) is 7.62. The molecule has 0 saturated carbocycles. The highest BCUT2D eigenvalue weighted by atomic mass is 79.9. The minimum Gasteiger partial charge on any atom is -0.495 e. The molecule has 23 heavy (non-hydrogen) atoms. The number of nitrogen functional groups attached to an aromatic ring is 1. The fraction of sp³-hybridized carbons (Fsp3) is 0.286. The molecule has 3 N–H and O–H groups in total.